The van der Waals surface area contributed by atoms with E-state index in [4.69, 9.17) is 0 Å². The number of anilines is 1. The van der Waals surface area contributed by atoms with Crippen molar-refractivity contribution in [3.63, 3.8) is 0 Å². The Balaban J connectivity index is 2.68. The van der Waals surface area contributed by atoms with E-state index in [1.807, 2.05) is 6.92 Å². The first kappa shape index (κ1) is 16.8. The largest absolute Gasteiger partial charge is 0.354 e. The molecule has 1 aromatic rings. The number of hydrogen-bond acceptors (Lipinski definition) is 7. The lowest BCUT2D eigenvalue weighted by molar-refractivity contribution is 0.581. The molecule has 8 nitrogen and oxygen atoms in total. The van der Waals surface area contributed by atoms with E-state index in [1.54, 1.807) is 0 Å². The van der Waals surface area contributed by atoms with Crippen molar-refractivity contribution in [1.82, 2.24) is 14.7 Å². The Morgan fingerprint density at radius 1 is 1.10 bits per heavy atom. The predicted molar refractivity (Wildman–Crippen MR) is 75.7 cm³/mol. The molecule has 0 radical (unpaired) electrons. The van der Waals surface area contributed by atoms with Gasteiger partial charge in [-0.1, -0.05) is 6.92 Å². The van der Waals surface area contributed by atoms with Crippen LogP contribution in [0, 0.1) is 0 Å². The molecule has 0 aliphatic heterocycles. The van der Waals surface area contributed by atoms with Gasteiger partial charge >= 0.3 is 0 Å². The van der Waals surface area contributed by atoms with E-state index in [2.05, 4.69) is 20.0 Å². The van der Waals surface area contributed by atoms with Crippen LogP contribution in [0.2, 0.25) is 0 Å². The number of rotatable bonds is 8. The van der Waals surface area contributed by atoms with E-state index >= 15 is 0 Å². The van der Waals surface area contributed by atoms with Crippen LogP contribution >= 0.6 is 0 Å². The predicted octanol–water partition coefficient (Wildman–Crippen LogP) is -0.379. The summed E-state index contributed by atoms with van der Waals surface area (Å²) in [6.07, 6.45) is 4.29. The van der Waals surface area contributed by atoms with Crippen LogP contribution in [0.25, 0.3) is 0 Å². The Hall–Kier alpha value is -1.26. The summed E-state index contributed by atoms with van der Waals surface area (Å²) in [7, 11) is -7.00. The highest BCUT2D eigenvalue weighted by atomic mass is 32.2. The summed E-state index contributed by atoms with van der Waals surface area (Å²) in [6.45, 7) is 2.49. The van der Waals surface area contributed by atoms with Gasteiger partial charge in [-0.2, -0.15) is 0 Å². The van der Waals surface area contributed by atoms with Crippen LogP contribution in [0.15, 0.2) is 17.3 Å². The van der Waals surface area contributed by atoms with Gasteiger partial charge in [0.1, 0.15) is 14.7 Å². The van der Waals surface area contributed by atoms with Gasteiger partial charge in [-0.15, -0.1) is 0 Å². The zero-order valence-electron chi connectivity index (χ0n) is 11.3. The van der Waals surface area contributed by atoms with Gasteiger partial charge in [0.25, 0.3) is 0 Å². The zero-order valence-corrected chi connectivity index (χ0v) is 13.0. The lowest BCUT2D eigenvalue weighted by atomic mass is 10.5. The molecule has 0 atom stereocenters. The fraction of sp³-hybridized carbons (Fsp3) is 0.600. The molecule has 1 heterocycles. The zero-order chi connectivity index (χ0) is 15.2. The second-order valence-corrected chi connectivity index (χ2v) is 8.22. The molecular formula is C10H18N4O4S2. The standard InChI is InChI=1S/C10H18N4O4S2/c1-3-4-11-10-12-7-9(8-13-10)20(17,18)14-5-6-19(2,15)16/h7-8,14H,3-6H2,1-2H3,(H,11,12,13). The highest BCUT2D eigenvalue weighted by Gasteiger charge is 2.15. The molecule has 1 aromatic heterocycles. The van der Waals surface area contributed by atoms with Crippen molar-refractivity contribution in [1.29, 1.82) is 0 Å². The molecule has 0 bridgehead atoms. The SMILES string of the molecule is CCCNc1ncc(S(=O)(=O)NCCS(C)(=O)=O)cn1. The third-order valence-electron chi connectivity index (χ3n) is 2.24. The minimum atomic E-state index is -3.79. The molecule has 0 saturated heterocycles. The second kappa shape index (κ2) is 6.95. The highest BCUT2D eigenvalue weighted by molar-refractivity contribution is 7.91. The summed E-state index contributed by atoms with van der Waals surface area (Å²) in [5.74, 6) is 0.0883. The van der Waals surface area contributed by atoms with Crippen LogP contribution in [0.3, 0.4) is 0 Å². The first-order chi connectivity index (χ1) is 9.24. The molecule has 0 spiro atoms. The minimum Gasteiger partial charge on any atom is -0.354 e. The Kier molecular flexibility index (Phi) is 5.84. The van der Waals surface area contributed by atoms with Gasteiger partial charge in [-0.25, -0.2) is 31.5 Å². The lowest BCUT2D eigenvalue weighted by Crippen LogP contribution is -2.29. The average molecular weight is 322 g/mol. The molecule has 10 heteroatoms. The van der Waals surface area contributed by atoms with E-state index in [-0.39, 0.29) is 17.2 Å². The molecule has 0 fully saturated rings. The Morgan fingerprint density at radius 3 is 2.20 bits per heavy atom. The first-order valence-corrected chi connectivity index (χ1v) is 9.52. The lowest BCUT2D eigenvalue weighted by Gasteiger charge is -2.06. The summed E-state index contributed by atoms with van der Waals surface area (Å²) < 4.78 is 47.7. The molecule has 0 aliphatic rings. The van der Waals surface area contributed by atoms with Gasteiger partial charge in [0.15, 0.2) is 0 Å². The highest BCUT2D eigenvalue weighted by Crippen LogP contribution is 2.07. The third-order valence-corrected chi connectivity index (χ3v) is 4.60. The van der Waals surface area contributed by atoms with Gasteiger partial charge in [0.05, 0.1) is 18.1 Å². The first-order valence-electron chi connectivity index (χ1n) is 5.98. The quantitative estimate of drug-likeness (QED) is 0.670. The van der Waals surface area contributed by atoms with E-state index in [1.165, 1.54) is 12.4 Å². The number of hydrogen-bond donors (Lipinski definition) is 2. The Morgan fingerprint density at radius 2 is 1.70 bits per heavy atom. The van der Waals surface area contributed by atoms with Gasteiger partial charge in [-0.05, 0) is 6.42 Å². The molecule has 0 amide bonds. The number of sulfone groups is 1. The molecule has 0 unspecified atom stereocenters. The monoisotopic (exact) mass is 322 g/mol. The van der Waals surface area contributed by atoms with E-state index in [0.29, 0.717) is 12.5 Å². The number of sulfonamides is 1. The number of aromatic nitrogens is 2. The van der Waals surface area contributed by atoms with E-state index in [0.717, 1.165) is 12.7 Å². The minimum absolute atomic E-state index is 0.104. The molecule has 1 rings (SSSR count). The molecule has 2 N–H and O–H groups in total. The summed E-state index contributed by atoms with van der Waals surface area (Å²) in [5.41, 5.74) is 0. The van der Waals surface area contributed by atoms with Crippen molar-refractivity contribution < 1.29 is 16.8 Å². The van der Waals surface area contributed by atoms with Crippen molar-refractivity contribution in [3.05, 3.63) is 12.4 Å². The summed E-state index contributed by atoms with van der Waals surface area (Å²) in [4.78, 5) is 7.66. The van der Waals surface area contributed by atoms with Crippen molar-refractivity contribution in [3.8, 4) is 0 Å². The fourth-order valence-corrected chi connectivity index (χ4v) is 2.75. The van der Waals surface area contributed by atoms with Crippen LogP contribution in [0.5, 0.6) is 0 Å². The van der Waals surface area contributed by atoms with Gasteiger partial charge in [-0.3, -0.25) is 0 Å². The van der Waals surface area contributed by atoms with Crippen LogP contribution in [0.4, 0.5) is 5.95 Å². The van der Waals surface area contributed by atoms with Gasteiger partial charge in [0.2, 0.25) is 16.0 Å². The van der Waals surface area contributed by atoms with Crippen molar-refractivity contribution in [2.45, 2.75) is 18.2 Å². The van der Waals surface area contributed by atoms with Gasteiger partial charge < -0.3 is 5.32 Å². The fourth-order valence-electron chi connectivity index (χ4n) is 1.23. The third kappa shape index (κ3) is 5.80. The second-order valence-electron chi connectivity index (χ2n) is 4.20. The van der Waals surface area contributed by atoms with Crippen LogP contribution in [-0.2, 0) is 19.9 Å². The molecule has 0 aliphatic carbocycles. The summed E-state index contributed by atoms with van der Waals surface area (Å²) in [5, 5.41) is 2.92. The Bertz CT molecular complexity index is 626. The molecule has 114 valence electrons. The van der Waals surface area contributed by atoms with E-state index < -0.39 is 19.9 Å². The van der Waals surface area contributed by atoms with E-state index in [9.17, 15) is 16.8 Å². The average Bonchev–Trinajstić information content (AvgIpc) is 2.35. The van der Waals surface area contributed by atoms with Crippen molar-refractivity contribution in [2.24, 2.45) is 0 Å². The molecule has 0 saturated carbocycles. The summed E-state index contributed by atoms with van der Waals surface area (Å²) in [6, 6.07) is 0. The van der Waals surface area contributed by atoms with Crippen LogP contribution in [-0.4, -0.2) is 51.9 Å². The van der Waals surface area contributed by atoms with Crippen molar-refractivity contribution >= 4 is 25.8 Å². The topological polar surface area (TPSA) is 118 Å². The van der Waals surface area contributed by atoms with Crippen molar-refractivity contribution in [2.75, 3.05) is 30.4 Å². The maximum absolute atomic E-state index is 11.8. The van der Waals surface area contributed by atoms with Gasteiger partial charge in [0, 0.05) is 19.3 Å². The molecular weight excluding hydrogens is 304 g/mol. The normalized spacial score (nSPS) is 12.3. The molecule has 0 aromatic carbocycles. The Labute approximate surface area is 119 Å². The van der Waals surface area contributed by atoms with Crippen LogP contribution in [0.1, 0.15) is 13.3 Å². The number of nitrogens with zero attached hydrogens (tertiary/aromatic N) is 2. The number of nitrogens with one attached hydrogen (secondary N) is 2. The summed E-state index contributed by atoms with van der Waals surface area (Å²) >= 11 is 0. The maximum Gasteiger partial charge on any atom is 0.243 e. The van der Waals surface area contributed by atoms with Crippen LogP contribution < -0.4 is 10.0 Å². The molecule has 20 heavy (non-hydrogen) atoms. The maximum atomic E-state index is 11.8. The smallest absolute Gasteiger partial charge is 0.243 e.